The quantitative estimate of drug-likeness (QED) is 0.721. The molecule has 2 atom stereocenters. The Bertz CT molecular complexity index is 398. The van der Waals surface area contributed by atoms with E-state index in [0.29, 0.717) is 12.4 Å². The highest BCUT2D eigenvalue weighted by Crippen LogP contribution is 2.48. The Labute approximate surface area is 95.6 Å². The van der Waals surface area contributed by atoms with Gasteiger partial charge in [0.2, 0.25) is 0 Å². The van der Waals surface area contributed by atoms with Crippen molar-refractivity contribution in [2.45, 2.75) is 31.8 Å². The van der Waals surface area contributed by atoms with Crippen molar-refractivity contribution < 1.29 is 9.53 Å². The van der Waals surface area contributed by atoms with Crippen molar-refractivity contribution in [2.75, 3.05) is 6.61 Å². The van der Waals surface area contributed by atoms with Gasteiger partial charge in [0.05, 0.1) is 18.1 Å². The van der Waals surface area contributed by atoms with E-state index in [-0.39, 0.29) is 11.5 Å². The molecule has 2 fully saturated rings. The van der Waals surface area contributed by atoms with Crippen molar-refractivity contribution in [2.24, 2.45) is 5.41 Å². The van der Waals surface area contributed by atoms with Crippen molar-refractivity contribution in [3.8, 4) is 0 Å². The number of carbonyl (C=O) groups excluding carboxylic acids is 1. The molecule has 0 amide bonds. The Kier molecular flexibility index (Phi) is 2.32. The zero-order chi connectivity index (χ0) is 11.0. The molecule has 0 bridgehead atoms. The molecule has 1 aliphatic carbocycles. The summed E-state index contributed by atoms with van der Waals surface area (Å²) >= 11 is 0. The van der Waals surface area contributed by atoms with Gasteiger partial charge in [0.25, 0.3) is 0 Å². The van der Waals surface area contributed by atoms with Crippen LogP contribution in [0, 0.1) is 5.41 Å². The van der Waals surface area contributed by atoms with Gasteiger partial charge in [0.1, 0.15) is 5.78 Å². The topological polar surface area (TPSA) is 26.3 Å². The summed E-state index contributed by atoms with van der Waals surface area (Å²) in [5.41, 5.74) is 1.07. The molecule has 1 aromatic carbocycles. The highest BCUT2D eigenvalue weighted by atomic mass is 16.5. The molecule has 1 spiro atoms. The van der Waals surface area contributed by atoms with E-state index in [2.05, 4.69) is 12.1 Å². The molecule has 1 aromatic rings. The standard InChI is InChI=1S/C14H16O2/c15-13-7-4-8-14(13)9-12(16-10-14)11-5-2-1-3-6-11/h1-3,5-6,12H,4,7-10H2/t12-,14-/m1/s1. The van der Waals surface area contributed by atoms with Gasteiger partial charge in [-0.05, 0) is 24.8 Å². The van der Waals surface area contributed by atoms with Crippen LogP contribution in [0.4, 0.5) is 0 Å². The van der Waals surface area contributed by atoms with E-state index in [4.69, 9.17) is 4.74 Å². The van der Waals surface area contributed by atoms with Gasteiger partial charge >= 0.3 is 0 Å². The number of ether oxygens (including phenoxy) is 1. The van der Waals surface area contributed by atoms with Gasteiger partial charge in [-0.3, -0.25) is 4.79 Å². The van der Waals surface area contributed by atoms with Crippen LogP contribution in [0.25, 0.3) is 0 Å². The fourth-order valence-corrected chi connectivity index (χ4v) is 2.98. The summed E-state index contributed by atoms with van der Waals surface area (Å²) < 4.78 is 5.83. The van der Waals surface area contributed by atoms with Crippen molar-refractivity contribution in [1.29, 1.82) is 0 Å². The minimum absolute atomic E-state index is 0.128. The molecule has 0 unspecified atom stereocenters. The summed E-state index contributed by atoms with van der Waals surface area (Å²) in [7, 11) is 0. The number of hydrogen-bond acceptors (Lipinski definition) is 2. The molecule has 1 saturated carbocycles. The highest BCUT2D eigenvalue weighted by Gasteiger charge is 2.48. The molecule has 2 nitrogen and oxygen atoms in total. The highest BCUT2D eigenvalue weighted by molar-refractivity contribution is 5.87. The first-order valence-electron chi connectivity index (χ1n) is 6.00. The van der Waals surface area contributed by atoms with Gasteiger partial charge in [0, 0.05) is 6.42 Å². The number of rotatable bonds is 1. The van der Waals surface area contributed by atoms with Gasteiger partial charge in [-0.1, -0.05) is 30.3 Å². The van der Waals surface area contributed by atoms with Crippen LogP contribution in [0.15, 0.2) is 30.3 Å². The smallest absolute Gasteiger partial charge is 0.141 e. The third-order valence-electron chi connectivity index (χ3n) is 3.96. The summed E-state index contributed by atoms with van der Waals surface area (Å²) in [5.74, 6) is 0.422. The number of carbonyl (C=O) groups is 1. The Morgan fingerprint density at radius 1 is 1.25 bits per heavy atom. The zero-order valence-corrected chi connectivity index (χ0v) is 9.32. The van der Waals surface area contributed by atoms with E-state index >= 15 is 0 Å². The Balaban J connectivity index is 1.81. The molecule has 1 heterocycles. The van der Waals surface area contributed by atoms with E-state index < -0.39 is 0 Å². The lowest BCUT2D eigenvalue weighted by atomic mass is 9.82. The molecule has 16 heavy (non-hydrogen) atoms. The van der Waals surface area contributed by atoms with Crippen molar-refractivity contribution >= 4 is 5.78 Å². The Hall–Kier alpha value is -1.15. The molecule has 2 aliphatic rings. The van der Waals surface area contributed by atoms with Crippen molar-refractivity contribution in [3.05, 3.63) is 35.9 Å². The normalized spacial score (nSPS) is 33.8. The fourth-order valence-electron chi connectivity index (χ4n) is 2.98. The van der Waals surface area contributed by atoms with Crippen LogP contribution in [0.3, 0.4) is 0 Å². The van der Waals surface area contributed by atoms with Crippen LogP contribution >= 0.6 is 0 Å². The zero-order valence-electron chi connectivity index (χ0n) is 9.32. The molecule has 1 saturated heterocycles. The summed E-state index contributed by atoms with van der Waals surface area (Å²) in [5, 5.41) is 0. The maximum Gasteiger partial charge on any atom is 0.141 e. The molecule has 1 aliphatic heterocycles. The predicted molar refractivity (Wildman–Crippen MR) is 61.0 cm³/mol. The predicted octanol–water partition coefficient (Wildman–Crippen LogP) is 2.89. The maximum absolute atomic E-state index is 11.9. The van der Waals surface area contributed by atoms with Crippen LogP contribution < -0.4 is 0 Å². The molecule has 0 N–H and O–H groups in total. The lowest BCUT2D eigenvalue weighted by Crippen LogP contribution is -2.25. The SMILES string of the molecule is O=C1CCC[C@@]12CO[C@@H](c1ccccc1)C2. The maximum atomic E-state index is 11.9. The van der Waals surface area contributed by atoms with Crippen LogP contribution in [0.1, 0.15) is 37.4 Å². The Morgan fingerprint density at radius 3 is 2.75 bits per heavy atom. The molecular weight excluding hydrogens is 200 g/mol. The fraction of sp³-hybridized carbons (Fsp3) is 0.500. The molecule has 84 valence electrons. The lowest BCUT2D eigenvalue weighted by Gasteiger charge is -2.18. The monoisotopic (exact) mass is 216 g/mol. The number of Topliss-reactive ketones (excluding diaryl/α,β-unsaturated/α-hetero) is 1. The van der Waals surface area contributed by atoms with Crippen LogP contribution in [0.2, 0.25) is 0 Å². The lowest BCUT2D eigenvalue weighted by molar-refractivity contribution is -0.125. The molecular formula is C14H16O2. The van der Waals surface area contributed by atoms with Gasteiger partial charge in [0.15, 0.2) is 0 Å². The second kappa shape index (κ2) is 3.70. The van der Waals surface area contributed by atoms with Crippen molar-refractivity contribution in [3.63, 3.8) is 0 Å². The van der Waals surface area contributed by atoms with E-state index in [0.717, 1.165) is 25.7 Å². The van der Waals surface area contributed by atoms with E-state index in [1.807, 2.05) is 18.2 Å². The second-order valence-corrected chi connectivity index (χ2v) is 4.97. The van der Waals surface area contributed by atoms with Crippen molar-refractivity contribution in [1.82, 2.24) is 0 Å². The average Bonchev–Trinajstić information content (AvgIpc) is 2.90. The summed E-state index contributed by atoms with van der Waals surface area (Å²) in [6.45, 7) is 0.630. The van der Waals surface area contributed by atoms with Gasteiger partial charge < -0.3 is 4.74 Å². The average molecular weight is 216 g/mol. The summed E-state index contributed by atoms with van der Waals surface area (Å²) in [4.78, 5) is 11.9. The Morgan fingerprint density at radius 2 is 2.06 bits per heavy atom. The molecule has 0 radical (unpaired) electrons. The first-order valence-corrected chi connectivity index (χ1v) is 6.00. The summed E-state index contributed by atoms with van der Waals surface area (Å²) in [6.07, 6.45) is 3.84. The molecule has 0 aromatic heterocycles. The minimum atomic E-state index is -0.138. The van der Waals surface area contributed by atoms with Crippen LogP contribution in [0.5, 0.6) is 0 Å². The number of ketones is 1. The second-order valence-electron chi connectivity index (χ2n) is 4.97. The molecule has 2 heteroatoms. The third-order valence-corrected chi connectivity index (χ3v) is 3.96. The van der Waals surface area contributed by atoms with Gasteiger partial charge in [-0.25, -0.2) is 0 Å². The van der Waals surface area contributed by atoms with E-state index in [9.17, 15) is 4.79 Å². The van der Waals surface area contributed by atoms with Crippen LogP contribution in [-0.4, -0.2) is 12.4 Å². The number of benzene rings is 1. The van der Waals surface area contributed by atoms with E-state index in [1.165, 1.54) is 5.56 Å². The van der Waals surface area contributed by atoms with Gasteiger partial charge in [-0.2, -0.15) is 0 Å². The first kappa shape index (κ1) is 10.0. The van der Waals surface area contributed by atoms with E-state index in [1.54, 1.807) is 0 Å². The van der Waals surface area contributed by atoms with Gasteiger partial charge in [-0.15, -0.1) is 0 Å². The minimum Gasteiger partial charge on any atom is -0.372 e. The number of hydrogen-bond donors (Lipinski definition) is 0. The first-order chi connectivity index (χ1) is 7.80. The largest absolute Gasteiger partial charge is 0.372 e. The summed E-state index contributed by atoms with van der Waals surface area (Å²) in [6, 6.07) is 10.2. The third kappa shape index (κ3) is 1.49. The molecule has 3 rings (SSSR count). The van der Waals surface area contributed by atoms with Crippen LogP contribution in [-0.2, 0) is 9.53 Å².